The zero-order valence-electron chi connectivity index (χ0n) is 7.51. The van der Waals surface area contributed by atoms with Crippen molar-refractivity contribution >= 4 is 0 Å². The van der Waals surface area contributed by atoms with Gasteiger partial charge in [-0.2, -0.15) is 0 Å². The van der Waals surface area contributed by atoms with E-state index in [1.54, 1.807) is 0 Å². The molecule has 0 heterocycles. The van der Waals surface area contributed by atoms with Crippen molar-refractivity contribution in [2.24, 2.45) is 11.8 Å². The Labute approximate surface area is 69.1 Å². The molecule has 0 aromatic heterocycles. The smallest absolute Gasteiger partial charge is 0.0607 e. The molecule has 0 aromatic carbocycles. The molecule has 1 fully saturated rings. The fourth-order valence-electron chi connectivity index (χ4n) is 1.93. The lowest BCUT2D eigenvalue weighted by molar-refractivity contribution is 0.0656. The average Bonchev–Trinajstić information content (AvgIpc) is 1.85. The molecule has 0 radical (unpaired) electrons. The van der Waals surface area contributed by atoms with Crippen LogP contribution in [0.5, 0.6) is 0 Å². The molecule has 64 valence electrons. The monoisotopic (exact) mass is 154 g/mol. The summed E-state index contributed by atoms with van der Waals surface area (Å²) in [6, 6.07) is 0. The van der Waals surface area contributed by atoms with Crippen LogP contribution in [-0.4, -0.2) is 11.2 Å². The molecule has 3 atom stereocenters. The van der Waals surface area contributed by atoms with Gasteiger partial charge in [-0.25, -0.2) is 0 Å². The van der Waals surface area contributed by atoms with Crippen LogP contribution in [0.2, 0.25) is 0 Å². The molecule has 0 aromatic rings. The summed E-state index contributed by atoms with van der Waals surface area (Å²) in [4.78, 5) is 0. The van der Waals surface area contributed by atoms with Gasteiger partial charge in [0, 0.05) is 5.92 Å². The Morgan fingerprint density at radius 2 is 2.09 bits per heavy atom. The van der Waals surface area contributed by atoms with Crippen LogP contribution in [0, 0.1) is 11.8 Å². The topological polar surface area (TPSA) is 20.2 Å². The number of rotatable bonds is 1. The minimum absolute atomic E-state index is 0.128. The molecule has 1 saturated carbocycles. The summed E-state index contributed by atoms with van der Waals surface area (Å²) in [6.45, 7) is 8.12. The summed E-state index contributed by atoms with van der Waals surface area (Å²) in [5.74, 6) is 1.06. The molecule has 1 nitrogen and oxygen atoms in total. The molecule has 1 aliphatic rings. The predicted molar refractivity (Wildman–Crippen MR) is 47.3 cm³/mol. The van der Waals surface area contributed by atoms with E-state index in [2.05, 4.69) is 13.5 Å². The average molecular weight is 154 g/mol. The van der Waals surface area contributed by atoms with Crippen molar-refractivity contribution in [3.05, 3.63) is 12.2 Å². The van der Waals surface area contributed by atoms with E-state index in [1.165, 1.54) is 6.42 Å². The molecule has 0 amide bonds. The Hall–Kier alpha value is -0.300. The van der Waals surface area contributed by atoms with Crippen molar-refractivity contribution < 1.29 is 5.11 Å². The Kier molecular flexibility index (Phi) is 2.72. The summed E-state index contributed by atoms with van der Waals surface area (Å²) < 4.78 is 0. The summed E-state index contributed by atoms with van der Waals surface area (Å²) in [7, 11) is 0. The lowest BCUT2D eigenvalue weighted by Crippen LogP contribution is -2.28. The van der Waals surface area contributed by atoms with E-state index in [-0.39, 0.29) is 6.10 Å². The summed E-state index contributed by atoms with van der Waals surface area (Å²) in [5, 5.41) is 9.65. The van der Waals surface area contributed by atoms with Gasteiger partial charge in [-0.15, -0.1) is 0 Å². The zero-order valence-corrected chi connectivity index (χ0v) is 7.51. The normalized spacial score (nSPS) is 38.6. The molecular weight excluding hydrogens is 136 g/mol. The van der Waals surface area contributed by atoms with Crippen LogP contribution >= 0.6 is 0 Å². The van der Waals surface area contributed by atoms with E-state index in [0.29, 0.717) is 11.8 Å². The fraction of sp³-hybridized carbons (Fsp3) is 0.800. The van der Waals surface area contributed by atoms with Gasteiger partial charge in [-0.1, -0.05) is 19.1 Å². The number of aliphatic hydroxyl groups is 1. The maximum atomic E-state index is 9.65. The first-order valence-electron chi connectivity index (χ1n) is 4.44. The highest BCUT2D eigenvalue weighted by molar-refractivity contribution is 5.01. The van der Waals surface area contributed by atoms with Crippen LogP contribution < -0.4 is 0 Å². The largest absolute Gasteiger partial charge is 0.392 e. The van der Waals surface area contributed by atoms with E-state index in [0.717, 1.165) is 18.4 Å². The van der Waals surface area contributed by atoms with Crippen LogP contribution in [-0.2, 0) is 0 Å². The SMILES string of the molecule is C=C(C)C1CC[C@@H](C)C[C@@H]1O. The van der Waals surface area contributed by atoms with Crippen molar-refractivity contribution in [1.29, 1.82) is 0 Å². The maximum Gasteiger partial charge on any atom is 0.0607 e. The molecule has 1 N–H and O–H groups in total. The third-order valence-electron chi connectivity index (χ3n) is 2.71. The van der Waals surface area contributed by atoms with E-state index in [4.69, 9.17) is 0 Å². The lowest BCUT2D eigenvalue weighted by atomic mass is 9.78. The number of aliphatic hydroxyl groups excluding tert-OH is 1. The van der Waals surface area contributed by atoms with Crippen LogP contribution in [0.3, 0.4) is 0 Å². The quantitative estimate of drug-likeness (QED) is 0.575. The summed E-state index contributed by atoms with van der Waals surface area (Å²) in [5.41, 5.74) is 1.14. The van der Waals surface area contributed by atoms with E-state index >= 15 is 0 Å². The van der Waals surface area contributed by atoms with Gasteiger partial charge in [0.15, 0.2) is 0 Å². The summed E-state index contributed by atoms with van der Waals surface area (Å²) >= 11 is 0. The molecule has 1 unspecified atom stereocenters. The molecule has 1 aliphatic carbocycles. The van der Waals surface area contributed by atoms with Gasteiger partial charge >= 0.3 is 0 Å². The van der Waals surface area contributed by atoms with Gasteiger partial charge in [0.1, 0.15) is 0 Å². The molecule has 1 heteroatoms. The minimum Gasteiger partial charge on any atom is -0.392 e. The molecule has 11 heavy (non-hydrogen) atoms. The van der Waals surface area contributed by atoms with Gasteiger partial charge in [0.05, 0.1) is 6.10 Å². The third kappa shape index (κ3) is 2.06. The van der Waals surface area contributed by atoms with Crippen molar-refractivity contribution in [3.63, 3.8) is 0 Å². The van der Waals surface area contributed by atoms with Crippen molar-refractivity contribution in [2.75, 3.05) is 0 Å². The third-order valence-corrected chi connectivity index (χ3v) is 2.71. The van der Waals surface area contributed by atoms with Crippen LogP contribution in [0.15, 0.2) is 12.2 Å². The van der Waals surface area contributed by atoms with Crippen LogP contribution in [0.1, 0.15) is 33.1 Å². The lowest BCUT2D eigenvalue weighted by Gasteiger charge is -2.31. The van der Waals surface area contributed by atoms with Crippen molar-refractivity contribution in [1.82, 2.24) is 0 Å². The molecule has 0 spiro atoms. The van der Waals surface area contributed by atoms with Gasteiger partial charge in [-0.3, -0.25) is 0 Å². The molecular formula is C10H18O. The fourth-order valence-corrected chi connectivity index (χ4v) is 1.93. The minimum atomic E-state index is -0.128. The highest BCUT2D eigenvalue weighted by atomic mass is 16.3. The van der Waals surface area contributed by atoms with Gasteiger partial charge in [0.2, 0.25) is 0 Å². The highest BCUT2D eigenvalue weighted by Gasteiger charge is 2.26. The van der Waals surface area contributed by atoms with Crippen molar-refractivity contribution in [3.8, 4) is 0 Å². The standard InChI is InChI=1S/C10H18O/c1-7(2)9-5-4-8(3)6-10(9)11/h8-11H,1,4-6H2,2-3H3/t8-,9?,10+/m1/s1. The van der Waals surface area contributed by atoms with Gasteiger partial charge in [-0.05, 0) is 32.1 Å². The second-order valence-electron chi connectivity index (χ2n) is 3.94. The Balaban J connectivity index is 2.50. The molecule has 0 aliphatic heterocycles. The maximum absolute atomic E-state index is 9.65. The second-order valence-corrected chi connectivity index (χ2v) is 3.94. The highest BCUT2D eigenvalue weighted by Crippen LogP contribution is 2.32. The van der Waals surface area contributed by atoms with Gasteiger partial charge < -0.3 is 5.11 Å². The van der Waals surface area contributed by atoms with Crippen LogP contribution in [0.4, 0.5) is 0 Å². The van der Waals surface area contributed by atoms with Crippen molar-refractivity contribution in [2.45, 2.75) is 39.2 Å². The first kappa shape index (κ1) is 8.79. The van der Waals surface area contributed by atoms with E-state index < -0.39 is 0 Å². The first-order chi connectivity index (χ1) is 5.11. The van der Waals surface area contributed by atoms with E-state index in [1.807, 2.05) is 6.92 Å². The number of hydrogen-bond donors (Lipinski definition) is 1. The Morgan fingerprint density at radius 1 is 1.45 bits per heavy atom. The van der Waals surface area contributed by atoms with Gasteiger partial charge in [0.25, 0.3) is 0 Å². The Morgan fingerprint density at radius 3 is 2.55 bits per heavy atom. The summed E-state index contributed by atoms with van der Waals surface area (Å²) in [6.07, 6.45) is 3.19. The van der Waals surface area contributed by atoms with Crippen LogP contribution in [0.25, 0.3) is 0 Å². The zero-order chi connectivity index (χ0) is 8.43. The second kappa shape index (κ2) is 3.40. The molecule has 0 bridgehead atoms. The number of hydrogen-bond acceptors (Lipinski definition) is 1. The molecule has 1 rings (SSSR count). The first-order valence-corrected chi connectivity index (χ1v) is 4.44. The Bertz CT molecular complexity index is 151. The molecule has 0 saturated heterocycles. The van der Waals surface area contributed by atoms with E-state index in [9.17, 15) is 5.11 Å². The predicted octanol–water partition coefficient (Wildman–Crippen LogP) is 2.36.